The molecule has 1 saturated heterocycles. The maximum Gasteiger partial charge on any atom is 0.254 e. The molecule has 1 amide bonds. The molecular formula is C14H18ClNO. The maximum absolute atomic E-state index is 12.4. The molecule has 1 atom stereocenters. The monoisotopic (exact) mass is 251 g/mol. The minimum Gasteiger partial charge on any atom is -0.334 e. The number of aryl methyl sites for hydroxylation is 2. The van der Waals surface area contributed by atoms with Crippen LogP contribution in [0.5, 0.6) is 0 Å². The standard InChI is InChI=1S/C14H18ClNO/c1-10-6-11(2)8-12(7-10)14(17)16-5-3-4-13(16)9-15/h6-8,13H,3-5,9H2,1-2H3. The first-order chi connectivity index (χ1) is 8.11. The summed E-state index contributed by atoms with van der Waals surface area (Å²) in [4.78, 5) is 14.3. The lowest BCUT2D eigenvalue weighted by atomic mass is 10.1. The van der Waals surface area contributed by atoms with Gasteiger partial charge in [0.05, 0.1) is 0 Å². The third-order valence-electron chi connectivity index (χ3n) is 3.28. The van der Waals surface area contributed by atoms with Gasteiger partial charge in [0.1, 0.15) is 0 Å². The van der Waals surface area contributed by atoms with E-state index in [2.05, 4.69) is 6.07 Å². The Morgan fingerprint density at radius 2 is 2.00 bits per heavy atom. The van der Waals surface area contributed by atoms with Gasteiger partial charge < -0.3 is 4.90 Å². The molecule has 1 aliphatic heterocycles. The first-order valence-corrected chi connectivity index (χ1v) is 6.60. The van der Waals surface area contributed by atoms with Gasteiger partial charge in [0.2, 0.25) is 0 Å². The number of halogens is 1. The molecule has 1 aromatic rings. The average Bonchev–Trinajstić information content (AvgIpc) is 2.74. The molecule has 17 heavy (non-hydrogen) atoms. The van der Waals surface area contributed by atoms with Crippen molar-refractivity contribution < 1.29 is 4.79 Å². The number of benzene rings is 1. The summed E-state index contributed by atoms with van der Waals surface area (Å²) in [6, 6.07) is 6.21. The second-order valence-corrected chi connectivity index (χ2v) is 5.13. The summed E-state index contributed by atoms with van der Waals surface area (Å²) >= 11 is 5.90. The number of carbonyl (C=O) groups is 1. The highest BCUT2D eigenvalue weighted by Gasteiger charge is 2.28. The summed E-state index contributed by atoms with van der Waals surface area (Å²) in [6.45, 7) is 4.88. The minimum atomic E-state index is 0.125. The molecule has 2 rings (SSSR count). The highest BCUT2D eigenvalue weighted by Crippen LogP contribution is 2.22. The number of carbonyl (C=O) groups excluding carboxylic acids is 1. The molecule has 92 valence electrons. The fourth-order valence-corrected chi connectivity index (χ4v) is 2.85. The maximum atomic E-state index is 12.4. The molecule has 1 aliphatic rings. The SMILES string of the molecule is Cc1cc(C)cc(C(=O)N2CCCC2CCl)c1. The van der Waals surface area contributed by atoms with Gasteiger partial charge in [-0.1, -0.05) is 17.2 Å². The summed E-state index contributed by atoms with van der Waals surface area (Å²) in [5, 5.41) is 0. The van der Waals surface area contributed by atoms with Crippen molar-refractivity contribution in [3.63, 3.8) is 0 Å². The van der Waals surface area contributed by atoms with Crippen LogP contribution in [0.2, 0.25) is 0 Å². The number of amides is 1. The molecule has 0 spiro atoms. The summed E-state index contributed by atoms with van der Waals surface area (Å²) < 4.78 is 0. The van der Waals surface area contributed by atoms with Crippen molar-refractivity contribution in [1.29, 1.82) is 0 Å². The van der Waals surface area contributed by atoms with Crippen LogP contribution < -0.4 is 0 Å². The molecule has 0 bridgehead atoms. The van der Waals surface area contributed by atoms with Crippen LogP contribution in [-0.4, -0.2) is 29.3 Å². The molecule has 0 saturated carbocycles. The van der Waals surface area contributed by atoms with Gasteiger partial charge in [-0.2, -0.15) is 0 Å². The van der Waals surface area contributed by atoms with Gasteiger partial charge in [-0.25, -0.2) is 0 Å². The van der Waals surface area contributed by atoms with Gasteiger partial charge in [-0.05, 0) is 38.8 Å². The number of hydrogen-bond acceptors (Lipinski definition) is 1. The van der Waals surface area contributed by atoms with E-state index in [0.29, 0.717) is 5.88 Å². The Morgan fingerprint density at radius 3 is 2.59 bits per heavy atom. The van der Waals surface area contributed by atoms with Crippen LogP contribution in [0.4, 0.5) is 0 Å². The Labute approximate surface area is 108 Å². The van der Waals surface area contributed by atoms with E-state index in [-0.39, 0.29) is 11.9 Å². The summed E-state index contributed by atoms with van der Waals surface area (Å²) in [6.07, 6.45) is 2.09. The number of likely N-dealkylation sites (tertiary alicyclic amines) is 1. The van der Waals surface area contributed by atoms with Crippen LogP contribution in [0.25, 0.3) is 0 Å². The van der Waals surface area contributed by atoms with E-state index in [4.69, 9.17) is 11.6 Å². The van der Waals surface area contributed by atoms with E-state index in [1.54, 1.807) is 0 Å². The quantitative estimate of drug-likeness (QED) is 0.740. The van der Waals surface area contributed by atoms with Crippen molar-refractivity contribution in [3.8, 4) is 0 Å². The minimum absolute atomic E-state index is 0.125. The molecule has 0 N–H and O–H groups in total. The Bertz CT molecular complexity index is 410. The number of alkyl halides is 1. The second-order valence-electron chi connectivity index (χ2n) is 4.83. The fraction of sp³-hybridized carbons (Fsp3) is 0.500. The van der Waals surface area contributed by atoms with Gasteiger partial charge >= 0.3 is 0 Å². The van der Waals surface area contributed by atoms with Crippen molar-refractivity contribution in [3.05, 3.63) is 34.9 Å². The lowest BCUT2D eigenvalue weighted by Gasteiger charge is -2.23. The van der Waals surface area contributed by atoms with E-state index >= 15 is 0 Å². The van der Waals surface area contributed by atoms with Crippen LogP contribution >= 0.6 is 11.6 Å². The predicted octanol–water partition coefficient (Wildman–Crippen LogP) is 3.15. The molecular weight excluding hydrogens is 234 g/mol. The topological polar surface area (TPSA) is 20.3 Å². The van der Waals surface area contributed by atoms with Crippen molar-refractivity contribution >= 4 is 17.5 Å². The van der Waals surface area contributed by atoms with Crippen molar-refractivity contribution in [2.45, 2.75) is 32.7 Å². The lowest BCUT2D eigenvalue weighted by Crippen LogP contribution is -2.36. The fourth-order valence-electron chi connectivity index (χ4n) is 2.53. The van der Waals surface area contributed by atoms with Gasteiger partial charge in [-0.3, -0.25) is 4.79 Å². The van der Waals surface area contributed by atoms with Gasteiger partial charge in [0.15, 0.2) is 0 Å². The number of rotatable bonds is 2. The van der Waals surface area contributed by atoms with E-state index < -0.39 is 0 Å². The summed E-state index contributed by atoms with van der Waals surface area (Å²) in [7, 11) is 0. The molecule has 1 fully saturated rings. The third-order valence-corrected chi connectivity index (χ3v) is 3.64. The van der Waals surface area contributed by atoms with Crippen molar-refractivity contribution in [2.24, 2.45) is 0 Å². The largest absolute Gasteiger partial charge is 0.334 e. The van der Waals surface area contributed by atoms with E-state index in [9.17, 15) is 4.79 Å². The number of hydrogen-bond donors (Lipinski definition) is 0. The number of nitrogens with zero attached hydrogens (tertiary/aromatic N) is 1. The van der Waals surface area contributed by atoms with E-state index in [0.717, 1.165) is 36.1 Å². The predicted molar refractivity (Wildman–Crippen MR) is 70.7 cm³/mol. The van der Waals surface area contributed by atoms with E-state index in [1.165, 1.54) is 0 Å². The van der Waals surface area contributed by atoms with Crippen molar-refractivity contribution in [1.82, 2.24) is 4.90 Å². The summed E-state index contributed by atoms with van der Waals surface area (Å²) in [5.41, 5.74) is 3.06. The molecule has 1 aromatic carbocycles. The van der Waals surface area contributed by atoms with Gasteiger partial charge in [0, 0.05) is 24.0 Å². The highest BCUT2D eigenvalue weighted by molar-refractivity contribution is 6.18. The molecule has 0 aliphatic carbocycles. The molecule has 0 radical (unpaired) electrons. The Hall–Kier alpha value is -1.02. The van der Waals surface area contributed by atoms with Crippen LogP contribution in [0.15, 0.2) is 18.2 Å². The van der Waals surface area contributed by atoms with Crippen LogP contribution in [-0.2, 0) is 0 Å². The molecule has 1 unspecified atom stereocenters. The zero-order valence-electron chi connectivity index (χ0n) is 10.4. The van der Waals surface area contributed by atoms with Crippen LogP contribution in [0.3, 0.4) is 0 Å². The van der Waals surface area contributed by atoms with E-state index in [1.807, 2.05) is 30.9 Å². The molecule has 3 heteroatoms. The van der Waals surface area contributed by atoms with Crippen LogP contribution in [0.1, 0.15) is 34.3 Å². The highest BCUT2D eigenvalue weighted by atomic mass is 35.5. The normalized spacial score (nSPS) is 19.7. The molecule has 2 nitrogen and oxygen atoms in total. The third kappa shape index (κ3) is 2.63. The van der Waals surface area contributed by atoms with Gasteiger partial charge in [0.25, 0.3) is 5.91 Å². The Morgan fingerprint density at radius 1 is 1.35 bits per heavy atom. The Kier molecular flexibility index (Phi) is 3.72. The smallest absolute Gasteiger partial charge is 0.254 e. The second kappa shape index (κ2) is 5.09. The van der Waals surface area contributed by atoms with Crippen LogP contribution in [0, 0.1) is 13.8 Å². The van der Waals surface area contributed by atoms with Gasteiger partial charge in [-0.15, -0.1) is 11.6 Å². The van der Waals surface area contributed by atoms with Crippen molar-refractivity contribution in [2.75, 3.05) is 12.4 Å². The lowest BCUT2D eigenvalue weighted by molar-refractivity contribution is 0.0749. The molecule has 1 heterocycles. The summed E-state index contributed by atoms with van der Waals surface area (Å²) in [5.74, 6) is 0.663. The molecule has 0 aromatic heterocycles. The Balaban J connectivity index is 2.24. The zero-order chi connectivity index (χ0) is 12.4. The first kappa shape index (κ1) is 12.4. The first-order valence-electron chi connectivity index (χ1n) is 6.07. The average molecular weight is 252 g/mol. The zero-order valence-corrected chi connectivity index (χ0v) is 11.1.